The molecule has 0 aromatic rings. The molecular formula is C15H26N2O3. The Morgan fingerprint density at radius 3 is 2.65 bits per heavy atom. The van der Waals surface area contributed by atoms with Crippen molar-refractivity contribution in [3.63, 3.8) is 0 Å². The van der Waals surface area contributed by atoms with Gasteiger partial charge in [0.25, 0.3) is 0 Å². The van der Waals surface area contributed by atoms with Gasteiger partial charge in [-0.3, -0.25) is 9.69 Å². The SMILES string of the molecule is CCOC(=O)C1(NC)CCC(N2CC3CCC(C2)O3)C1. The van der Waals surface area contributed by atoms with Gasteiger partial charge in [0.15, 0.2) is 0 Å². The second-order valence-electron chi connectivity index (χ2n) is 6.36. The summed E-state index contributed by atoms with van der Waals surface area (Å²) in [4.78, 5) is 14.8. The Bertz CT molecular complexity index is 364. The first-order valence-corrected chi connectivity index (χ1v) is 7.92. The molecular weight excluding hydrogens is 256 g/mol. The van der Waals surface area contributed by atoms with Crippen LogP contribution >= 0.6 is 0 Å². The van der Waals surface area contributed by atoms with Gasteiger partial charge in [-0.15, -0.1) is 0 Å². The largest absolute Gasteiger partial charge is 0.465 e. The lowest BCUT2D eigenvalue weighted by Gasteiger charge is -2.37. The van der Waals surface area contributed by atoms with Crippen molar-refractivity contribution >= 4 is 5.97 Å². The van der Waals surface area contributed by atoms with Crippen LogP contribution in [0.15, 0.2) is 0 Å². The maximum atomic E-state index is 12.2. The summed E-state index contributed by atoms with van der Waals surface area (Å²) in [5, 5.41) is 3.24. The van der Waals surface area contributed by atoms with Crippen LogP contribution in [0.3, 0.4) is 0 Å². The molecule has 0 amide bonds. The summed E-state index contributed by atoms with van der Waals surface area (Å²) in [6, 6.07) is 0.485. The monoisotopic (exact) mass is 282 g/mol. The third kappa shape index (κ3) is 2.47. The third-order valence-electron chi connectivity index (χ3n) is 5.22. The zero-order valence-corrected chi connectivity index (χ0v) is 12.6. The van der Waals surface area contributed by atoms with Crippen molar-refractivity contribution in [2.24, 2.45) is 0 Å². The van der Waals surface area contributed by atoms with E-state index in [1.165, 1.54) is 12.8 Å². The summed E-state index contributed by atoms with van der Waals surface area (Å²) in [6.07, 6.45) is 6.04. The number of ether oxygens (including phenoxy) is 2. The number of hydrogen-bond acceptors (Lipinski definition) is 5. The van der Waals surface area contributed by atoms with Crippen molar-refractivity contribution in [2.75, 3.05) is 26.7 Å². The smallest absolute Gasteiger partial charge is 0.326 e. The molecule has 5 nitrogen and oxygen atoms in total. The fraction of sp³-hybridized carbons (Fsp3) is 0.933. The van der Waals surface area contributed by atoms with Gasteiger partial charge in [-0.2, -0.15) is 0 Å². The van der Waals surface area contributed by atoms with Crippen molar-refractivity contribution in [2.45, 2.75) is 62.8 Å². The highest BCUT2D eigenvalue weighted by atomic mass is 16.5. The number of rotatable bonds is 4. The fourth-order valence-electron chi connectivity index (χ4n) is 4.06. The maximum Gasteiger partial charge on any atom is 0.326 e. The van der Waals surface area contributed by atoms with Crippen molar-refractivity contribution < 1.29 is 14.3 Å². The van der Waals surface area contributed by atoms with Gasteiger partial charge in [-0.1, -0.05) is 0 Å². The molecule has 2 aliphatic heterocycles. The second kappa shape index (κ2) is 5.62. The number of likely N-dealkylation sites (tertiary alicyclic amines) is 1. The Morgan fingerprint density at radius 2 is 2.05 bits per heavy atom. The van der Waals surface area contributed by atoms with Gasteiger partial charge < -0.3 is 14.8 Å². The van der Waals surface area contributed by atoms with E-state index in [4.69, 9.17) is 9.47 Å². The Balaban J connectivity index is 1.64. The summed E-state index contributed by atoms with van der Waals surface area (Å²) in [5.41, 5.74) is -0.474. The highest BCUT2D eigenvalue weighted by Crippen LogP contribution is 2.37. The van der Waals surface area contributed by atoms with E-state index < -0.39 is 5.54 Å². The topological polar surface area (TPSA) is 50.8 Å². The number of likely N-dealkylation sites (N-methyl/N-ethyl adjacent to an activating group) is 1. The number of esters is 1. The van der Waals surface area contributed by atoms with E-state index in [1.807, 2.05) is 14.0 Å². The molecule has 0 radical (unpaired) electrons. The van der Waals surface area contributed by atoms with E-state index in [-0.39, 0.29) is 5.97 Å². The third-order valence-corrected chi connectivity index (χ3v) is 5.22. The molecule has 3 fully saturated rings. The number of nitrogens with zero attached hydrogens (tertiary/aromatic N) is 1. The van der Waals surface area contributed by atoms with Gasteiger partial charge in [-0.25, -0.2) is 0 Å². The number of nitrogens with one attached hydrogen (secondary N) is 1. The van der Waals surface area contributed by atoms with E-state index in [9.17, 15) is 4.79 Å². The molecule has 3 rings (SSSR count). The molecule has 5 heteroatoms. The molecule has 1 saturated carbocycles. The maximum absolute atomic E-state index is 12.2. The first kappa shape index (κ1) is 14.3. The minimum absolute atomic E-state index is 0.0822. The number of carbonyl (C=O) groups excluding carboxylic acids is 1. The Hall–Kier alpha value is -0.650. The minimum atomic E-state index is -0.474. The standard InChI is InChI=1S/C15H26N2O3/c1-3-19-14(18)15(16-2)7-6-11(8-15)17-9-12-4-5-13(10-17)20-12/h11-13,16H,3-10H2,1-2H3. The van der Waals surface area contributed by atoms with Crippen LogP contribution < -0.4 is 5.32 Å². The van der Waals surface area contributed by atoms with Gasteiger partial charge in [-0.05, 0) is 46.1 Å². The Morgan fingerprint density at radius 1 is 1.35 bits per heavy atom. The van der Waals surface area contributed by atoms with E-state index in [0.29, 0.717) is 24.9 Å². The lowest BCUT2D eigenvalue weighted by molar-refractivity contribution is -0.151. The Labute approximate surface area is 121 Å². The van der Waals surface area contributed by atoms with E-state index in [1.54, 1.807) is 0 Å². The van der Waals surface area contributed by atoms with Crippen LogP contribution in [0.2, 0.25) is 0 Å². The second-order valence-corrected chi connectivity index (χ2v) is 6.36. The Kier molecular flexibility index (Phi) is 4.02. The average molecular weight is 282 g/mol. The summed E-state index contributed by atoms with van der Waals surface area (Å²) in [6.45, 7) is 4.38. The van der Waals surface area contributed by atoms with E-state index in [2.05, 4.69) is 10.2 Å². The van der Waals surface area contributed by atoms with Gasteiger partial charge in [0.1, 0.15) is 5.54 Å². The van der Waals surface area contributed by atoms with Crippen LogP contribution in [0.4, 0.5) is 0 Å². The summed E-state index contributed by atoms with van der Waals surface area (Å²) >= 11 is 0. The predicted octanol–water partition coefficient (Wildman–Crippen LogP) is 0.923. The van der Waals surface area contributed by atoms with Crippen LogP contribution in [-0.4, -0.2) is 61.4 Å². The van der Waals surface area contributed by atoms with Gasteiger partial charge in [0.05, 0.1) is 18.8 Å². The first-order chi connectivity index (χ1) is 9.66. The highest BCUT2D eigenvalue weighted by Gasteiger charge is 2.48. The normalized spacial score (nSPS) is 41.0. The molecule has 4 unspecified atom stereocenters. The predicted molar refractivity (Wildman–Crippen MR) is 75.5 cm³/mol. The summed E-state index contributed by atoms with van der Waals surface area (Å²) < 4.78 is 11.2. The average Bonchev–Trinajstić information content (AvgIpc) is 3.04. The molecule has 20 heavy (non-hydrogen) atoms. The fourth-order valence-corrected chi connectivity index (χ4v) is 4.06. The van der Waals surface area contributed by atoms with Crippen molar-refractivity contribution in [3.05, 3.63) is 0 Å². The first-order valence-electron chi connectivity index (χ1n) is 7.92. The van der Waals surface area contributed by atoms with Crippen molar-refractivity contribution in [1.29, 1.82) is 0 Å². The highest BCUT2D eigenvalue weighted by molar-refractivity contribution is 5.81. The van der Waals surface area contributed by atoms with Crippen LogP contribution in [0.25, 0.3) is 0 Å². The van der Waals surface area contributed by atoms with Crippen LogP contribution in [0.5, 0.6) is 0 Å². The molecule has 2 heterocycles. The van der Waals surface area contributed by atoms with Crippen LogP contribution in [0, 0.1) is 0 Å². The molecule has 2 bridgehead atoms. The molecule has 1 aliphatic carbocycles. The van der Waals surface area contributed by atoms with Crippen molar-refractivity contribution in [1.82, 2.24) is 10.2 Å². The van der Waals surface area contributed by atoms with E-state index in [0.717, 1.165) is 32.4 Å². The molecule has 0 aromatic carbocycles. The molecule has 0 aromatic heterocycles. The van der Waals surface area contributed by atoms with Gasteiger partial charge in [0.2, 0.25) is 0 Å². The van der Waals surface area contributed by atoms with Gasteiger partial charge in [0, 0.05) is 19.1 Å². The lowest BCUT2D eigenvalue weighted by Crippen LogP contribution is -2.52. The molecule has 0 spiro atoms. The molecule has 2 saturated heterocycles. The summed E-state index contributed by atoms with van der Waals surface area (Å²) in [5.74, 6) is -0.0822. The molecule has 3 aliphatic rings. The van der Waals surface area contributed by atoms with Gasteiger partial charge >= 0.3 is 5.97 Å². The number of hydrogen-bond donors (Lipinski definition) is 1. The number of carbonyl (C=O) groups is 1. The van der Waals surface area contributed by atoms with Crippen LogP contribution in [0.1, 0.15) is 39.0 Å². The van der Waals surface area contributed by atoms with E-state index >= 15 is 0 Å². The minimum Gasteiger partial charge on any atom is -0.465 e. The number of morpholine rings is 1. The van der Waals surface area contributed by atoms with Crippen LogP contribution in [-0.2, 0) is 14.3 Å². The number of fused-ring (bicyclic) bond motifs is 2. The molecule has 114 valence electrons. The van der Waals surface area contributed by atoms with Crippen molar-refractivity contribution in [3.8, 4) is 0 Å². The molecule has 4 atom stereocenters. The molecule has 1 N–H and O–H groups in total. The quantitative estimate of drug-likeness (QED) is 0.777. The summed E-state index contributed by atoms with van der Waals surface area (Å²) in [7, 11) is 1.88. The zero-order valence-electron chi connectivity index (χ0n) is 12.6. The zero-order chi connectivity index (χ0) is 14.2. The lowest BCUT2D eigenvalue weighted by atomic mass is 9.97.